The van der Waals surface area contributed by atoms with Gasteiger partial charge in [-0.2, -0.15) is 0 Å². The lowest BCUT2D eigenvalue weighted by Crippen LogP contribution is -2.01. The number of phenols is 1. The summed E-state index contributed by atoms with van der Waals surface area (Å²) in [6.45, 7) is 1.27. The first-order valence-corrected chi connectivity index (χ1v) is 7.85. The number of methoxy groups -OCH3 is 1. The van der Waals surface area contributed by atoms with Crippen LogP contribution in [-0.4, -0.2) is 24.2 Å². The van der Waals surface area contributed by atoms with Gasteiger partial charge in [0, 0.05) is 28.0 Å². The van der Waals surface area contributed by atoms with E-state index in [-0.39, 0.29) is 11.5 Å². The van der Waals surface area contributed by atoms with Gasteiger partial charge in [-0.1, -0.05) is 6.07 Å². The van der Waals surface area contributed by atoms with Gasteiger partial charge >= 0.3 is 11.9 Å². The number of hydrogen-bond donors (Lipinski definition) is 1. The largest absolute Gasteiger partial charge is 0.504 e. The van der Waals surface area contributed by atoms with Crippen molar-refractivity contribution in [1.82, 2.24) is 0 Å². The van der Waals surface area contributed by atoms with Gasteiger partial charge in [0.2, 0.25) is 0 Å². The first-order chi connectivity index (χ1) is 11.5. The molecule has 1 heterocycles. The summed E-state index contributed by atoms with van der Waals surface area (Å²) in [7, 11) is 1.34. The van der Waals surface area contributed by atoms with Gasteiger partial charge in [-0.15, -0.1) is 11.3 Å². The Morgan fingerprint density at radius 3 is 2.62 bits per heavy atom. The molecule has 0 saturated carbocycles. The third kappa shape index (κ3) is 3.09. The number of thiophene rings is 1. The third-order valence-electron chi connectivity index (χ3n) is 3.34. The number of ether oxygens (including phenoxy) is 2. The van der Waals surface area contributed by atoms with Crippen LogP contribution in [0.1, 0.15) is 17.3 Å². The van der Waals surface area contributed by atoms with Crippen molar-refractivity contribution in [3.05, 3.63) is 48.0 Å². The lowest BCUT2D eigenvalue weighted by molar-refractivity contribution is -0.132. The number of benzene rings is 2. The van der Waals surface area contributed by atoms with Gasteiger partial charge in [-0.3, -0.25) is 4.79 Å². The van der Waals surface area contributed by atoms with Crippen molar-refractivity contribution < 1.29 is 24.2 Å². The minimum atomic E-state index is -0.498. The second-order valence-corrected chi connectivity index (χ2v) is 6.09. The Hall–Kier alpha value is -2.86. The van der Waals surface area contributed by atoms with Gasteiger partial charge in [-0.25, -0.2) is 4.79 Å². The lowest BCUT2D eigenvalue weighted by Gasteiger charge is -2.05. The highest BCUT2D eigenvalue weighted by atomic mass is 32.1. The van der Waals surface area contributed by atoms with Crippen molar-refractivity contribution in [2.24, 2.45) is 0 Å². The molecule has 0 aliphatic carbocycles. The average Bonchev–Trinajstić information content (AvgIpc) is 2.98. The van der Waals surface area contributed by atoms with E-state index in [0.29, 0.717) is 5.56 Å². The summed E-state index contributed by atoms with van der Waals surface area (Å²) in [5.41, 5.74) is 1.21. The molecule has 0 aliphatic heterocycles. The molecule has 121 valence electrons. The standard InChI is InChI=1S/C18H13O5S/c1-10(19)23-15-6-5-11(7-14(15)20)16-8-12-3-4-13(18(21)22-2)9-17(12)24-16/h3-7,9,20H,1-2H3. The number of carbonyl (C=O) groups excluding carboxylic acids is 2. The summed E-state index contributed by atoms with van der Waals surface area (Å²) in [5, 5.41) is 10.8. The van der Waals surface area contributed by atoms with E-state index in [2.05, 4.69) is 6.07 Å². The fourth-order valence-corrected chi connectivity index (χ4v) is 3.28. The second kappa shape index (κ2) is 6.33. The number of rotatable bonds is 3. The van der Waals surface area contributed by atoms with Crippen molar-refractivity contribution in [2.45, 2.75) is 6.92 Å². The van der Waals surface area contributed by atoms with Crippen LogP contribution in [0.4, 0.5) is 0 Å². The lowest BCUT2D eigenvalue weighted by atomic mass is 10.1. The Morgan fingerprint density at radius 1 is 1.17 bits per heavy atom. The first kappa shape index (κ1) is 16.0. The average molecular weight is 341 g/mol. The van der Waals surface area contributed by atoms with Gasteiger partial charge < -0.3 is 14.6 Å². The first-order valence-electron chi connectivity index (χ1n) is 7.04. The van der Waals surface area contributed by atoms with E-state index < -0.39 is 11.9 Å². The minimum Gasteiger partial charge on any atom is -0.504 e. The van der Waals surface area contributed by atoms with Crippen LogP contribution in [0.25, 0.3) is 20.5 Å². The molecule has 1 N–H and O–H groups in total. The Kier molecular flexibility index (Phi) is 4.22. The molecule has 0 spiro atoms. The second-order valence-electron chi connectivity index (χ2n) is 5.03. The van der Waals surface area contributed by atoms with Crippen LogP contribution >= 0.6 is 11.3 Å². The minimum absolute atomic E-state index is 0.111. The maximum Gasteiger partial charge on any atom is 0.337 e. The SMILES string of the molecule is COC(=O)c1ccc2[c]c(-c3ccc(OC(C)=O)c(O)c3)sc2c1. The molecule has 0 bridgehead atoms. The number of esters is 2. The number of phenolic OH excluding ortho intramolecular Hbond substituents is 1. The summed E-state index contributed by atoms with van der Waals surface area (Å²) >= 11 is 1.44. The van der Waals surface area contributed by atoms with Crippen molar-refractivity contribution in [2.75, 3.05) is 7.11 Å². The molecule has 0 aliphatic rings. The molecule has 1 radical (unpaired) electrons. The Balaban J connectivity index is 1.99. The van der Waals surface area contributed by atoms with Crippen molar-refractivity contribution in [3.63, 3.8) is 0 Å². The zero-order valence-electron chi connectivity index (χ0n) is 13.0. The predicted octanol–water partition coefficient (Wildman–Crippen LogP) is 3.79. The number of carbonyl (C=O) groups is 2. The number of aromatic hydroxyl groups is 1. The molecule has 5 nitrogen and oxygen atoms in total. The molecule has 0 unspecified atom stereocenters. The number of hydrogen-bond acceptors (Lipinski definition) is 6. The molecular formula is C18H13O5S. The Labute approximate surface area is 142 Å². The highest BCUT2D eigenvalue weighted by Crippen LogP contribution is 2.37. The van der Waals surface area contributed by atoms with Crippen LogP contribution in [0.15, 0.2) is 36.4 Å². The summed E-state index contributed by atoms with van der Waals surface area (Å²) in [6, 6.07) is 13.2. The zero-order chi connectivity index (χ0) is 17.3. The molecule has 0 atom stereocenters. The Morgan fingerprint density at radius 2 is 1.96 bits per heavy atom. The fraction of sp³-hybridized carbons (Fsp3) is 0.111. The van der Waals surface area contributed by atoms with Crippen molar-refractivity contribution in [3.8, 4) is 21.9 Å². The molecule has 6 heteroatoms. The fourth-order valence-electron chi connectivity index (χ4n) is 2.24. The molecule has 1 aromatic heterocycles. The van der Waals surface area contributed by atoms with E-state index in [1.165, 1.54) is 37.5 Å². The van der Waals surface area contributed by atoms with Gasteiger partial charge in [0.1, 0.15) is 0 Å². The molecular weight excluding hydrogens is 328 g/mol. The predicted molar refractivity (Wildman–Crippen MR) is 90.4 cm³/mol. The van der Waals surface area contributed by atoms with Gasteiger partial charge in [-0.05, 0) is 35.9 Å². The van der Waals surface area contributed by atoms with Crippen LogP contribution in [0.5, 0.6) is 11.5 Å². The highest BCUT2D eigenvalue weighted by Gasteiger charge is 2.12. The molecule has 3 aromatic rings. The van der Waals surface area contributed by atoms with E-state index in [1.807, 2.05) is 0 Å². The van der Waals surface area contributed by atoms with Crippen LogP contribution in [0.2, 0.25) is 0 Å². The summed E-state index contributed by atoms with van der Waals surface area (Å²) in [4.78, 5) is 23.4. The molecule has 0 saturated heterocycles. The highest BCUT2D eigenvalue weighted by molar-refractivity contribution is 7.22. The number of fused-ring (bicyclic) bond motifs is 1. The van der Waals surface area contributed by atoms with E-state index in [4.69, 9.17) is 9.47 Å². The zero-order valence-corrected chi connectivity index (χ0v) is 13.8. The normalized spacial score (nSPS) is 10.6. The Bertz CT molecular complexity index is 942. The third-order valence-corrected chi connectivity index (χ3v) is 4.44. The van der Waals surface area contributed by atoms with Crippen LogP contribution < -0.4 is 4.74 Å². The molecule has 24 heavy (non-hydrogen) atoms. The monoisotopic (exact) mass is 341 g/mol. The summed E-state index contributed by atoms with van der Waals surface area (Å²) in [6.07, 6.45) is 0. The van der Waals surface area contributed by atoms with Gasteiger partial charge in [0.25, 0.3) is 0 Å². The van der Waals surface area contributed by atoms with E-state index >= 15 is 0 Å². The molecule has 0 amide bonds. The van der Waals surface area contributed by atoms with Crippen LogP contribution in [-0.2, 0) is 9.53 Å². The van der Waals surface area contributed by atoms with E-state index in [1.54, 1.807) is 24.3 Å². The van der Waals surface area contributed by atoms with E-state index in [9.17, 15) is 14.7 Å². The maximum atomic E-state index is 11.6. The molecule has 0 fully saturated rings. The summed E-state index contributed by atoms with van der Waals surface area (Å²) < 4.78 is 10.5. The molecule has 2 aromatic carbocycles. The van der Waals surface area contributed by atoms with Crippen LogP contribution in [0, 0.1) is 6.07 Å². The van der Waals surface area contributed by atoms with E-state index in [0.717, 1.165) is 20.5 Å². The van der Waals surface area contributed by atoms with Crippen molar-refractivity contribution in [1.29, 1.82) is 0 Å². The van der Waals surface area contributed by atoms with Crippen LogP contribution in [0.3, 0.4) is 0 Å². The van der Waals surface area contributed by atoms with Crippen molar-refractivity contribution >= 4 is 33.4 Å². The van der Waals surface area contributed by atoms with Gasteiger partial charge in [0.15, 0.2) is 11.5 Å². The smallest absolute Gasteiger partial charge is 0.337 e. The summed E-state index contributed by atoms with van der Waals surface area (Å²) in [5.74, 6) is -0.902. The topological polar surface area (TPSA) is 72.8 Å². The molecule has 3 rings (SSSR count). The quantitative estimate of drug-likeness (QED) is 0.580. The maximum absolute atomic E-state index is 11.6. The van der Waals surface area contributed by atoms with Gasteiger partial charge in [0.05, 0.1) is 12.7 Å².